The van der Waals surface area contributed by atoms with Gasteiger partial charge >= 0.3 is 0 Å². The summed E-state index contributed by atoms with van der Waals surface area (Å²) < 4.78 is 0. The predicted octanol–water partition coefficient (Wildman–Crippen LogP) is 1.66. The van der Waals surface area contributed by atoms with E-state index in [1.807, 2.05) is 0 Å². The molecular formula is C10H12ClN3O. The molecule has 80 valence electrons. The third-order valence-corrected chi connectivity index (χ3v) is 2.58. The molecule has 0 radical (unpaired) electrons. The third-order valence-electron chi connectivity index (χ3n) is 2.39. The number of amides is 1. The minimum Gasteiger partial charge on any atom is -0.351 e. The van der Waals surface area contributed by atoms with Crippen molar-refractivity contribution in [3.8, 4) is 0 Å². The summed E-state index contributed by atoms with van der Waals surface area (Å²) in [5.74, 6) is 0.640. The number of halogens is 1. The first-order valence-corrected chi connectivity index (χ1v) is 5.39. The molecule has 1 aliphatic rings. The third kappa shape index (κ3) is 3.16. The normalized spacial score (nSPS) is 15.0. The number of nitrogens with one attached hydrogen (secondary N) is 1. The van der Waals surface area contributed by atoms with E-state index in [9.17, 15) is 4.79 Å². The van der Waals surface area contributed by atoms with Gasteiger partial charge in [-0.05, 0) is 12.3 Å². The van der Waals surface area contributed by atoms with Gasteiger partial charge in [-0.3, -0.25) is 4.79 Å². The molecular weight excluding hydrogens is 214 g/mol. The van der Waals surface area contributed by atoms with Crippen molar-refractivity contribution in [1.29, 1.82) is 0 Å². The molecule has 5 heteroatoms. The van der Waals surface area contributed by atoms with Crippen molar-refractivity contribution in [1.82, 2.24) is 15.3 Å². The van der Waals surface area contributed by atoms with Gasteiger partial charge in [0.25, 0.3) is 5.91 Å². The van der Waals surface area contributed by atoms with Gasteiger partial charge < -0.3 is 5.32 Å². The zero-order valence-corrected chi connectivity index (χ0v) is 9.00. The minimum absolute atomic E-state index is 0.181. The number of hydrogen-bond donors (Lipinski definition) is 1. The Kier molecular flexibility index (Phi) is 3.16. The summed E-state index contributed by atoms with van der Waals surface area (Å²) in [5, 5.41) is 3.10. The van der Waals surface area contributed by atoms with E-state index in [0.717, 1.165) is 12.3 Å². The number of carbonyl (C=O) groups is 1. The van der Waals surface area contributed by atoms with Crippen molar-refractivity contribution in [3.63, 3.8) is 0 Å². The van der Waals surface area contributed by atoms with Crippen LogP contribution in [-0.2, 0) is 0 Å². The zero-order valence-electron chi connectivity index (χ0n) is 8.24. The second kappa shape index (κ2) is 4.57. The van der Waals surface area contributed by atoms with Crippen LogP contribution in [0.4, 0.5) is 0 Å². The van der Waals surface area contributed by atoms with Crippen molar-refractivity contribution >= 4 is 17.5 Å². The van der Waals surface area contributed by atoms with Crippen molar-refractivity contribution in [2.45, 2.75) is 19.3 Å². The van der Waals surface area contributed by atoms with Gasteiger partial charge in [-0.15, -0.1) is 0 Å². The molecule has 0 aliphatic heterocycles. The fourth-order valence-electron chi connectivity index (χ4n) is 1.32. The summed E-state index contributed by atoms with van der Waals surface area (Å²) in [7, 11) is 0. The average molecular weight is 226 g/mol. The molecule has 0 saturated heterocycles. The Labute approximate surface area is 93.1 Å². The molecule has 1 aromatic rings. The predicted molar refractivity (Wildman–Crippen MR) is 56.7 cm³/mol. The fourth-order valence-corrected chi connectivity index (χ4v) is 1.41. The first-order chi connectivity index (χ1) is 7.25. The number of rotatable bonds is 4. The molecule has 0 aromatic carbocycles. The van der Waals surface area contributed by atoms with Crippen LogP contribution in [0.2, 0.25) is 5.15 Å². The Bertz CT molecular complexity index is 348. The van der Waals surface area contributed by atoms with Crippen molar-refractivity contribution in [3.05, 3.63) is 23.2 Å². The highest BCUT2D eigenvalue weighted by molar-refractivity contribution is 6.29. The van der Waals surface area contributed by atoms with Gasteiger partial charge in [0.2, 0.25) is 0 Å². The van der Waals surface area contributed by atoms with Crippen LogP contribution < -0.4 is 5.32 Å². The molecule has 0 unspecified atom stereocenters. The lowest BCUT2D eigenvalue weighted by Crippen LogP contribution is -2.25. The van der Waals surface area contributed by atoms with Crippen LogP contribution in [0.3, 0.4) is 0 Å². The van der Waals surface area contributed by atoms with Crippen LogP contribution in [0.25, 0.3) is 0 Å². The lowest BCUT2D eigenvalue weighted by atomic mass is 10.3. The molecule has 1 saturated carbocycles. The lowest BCUT2D eigenvalue weighted by molar-refractivity contribution is 0.0947. The summed E-state index contributed by atoms with van der Waals surface area (Å²) in [4.78, 5) is 19.2. The monoisotopic (exact) mass is 225 g/mol. The van der Waals surface area contributed by atoms with Gasteiger partial charge in [0.15, 0.2) is 0 Å². The summed E-state index contributed by atoms with van der Waals surface area (Å²) in [6.45, 7) is 0.716. The molecule has 0 bridgehead atoms. The quantitative estimate of drug-likeness (QED) is 0.848. The standard InChI is InChI=1S/C10H12ClN3O/c11-9-6-13-8(5-14-9)10(15)12-4-3-7-1-2-7/h5-7H,1-4H2,(H,12,15). The number of carbonyl (C=O) groups excluding carboxylic acids is 1. The Morgan fingerprint density at radius 2 is 2.27 bits per heavy atom. The minimum atomic E-state index is -0.181. The van der Waals surface area contributed by atoms with Crippen molar-refractivity contribution in [2.24, 2.45) is 5.92 Å². The summed E-state index contributed by atoms with van der Waals surface area (Å²) in [6, 6.07) is 0. The first-order valence-electron chi connectivity index (χ1n) is 5.01. The molecule has 1 fully saturated rings. The van der Waals surface area contributed by atoms with Gasteiger partial charge in [-0.25, -0.2) is 9.97 Å². The van der Waals surface area contributed by atoms with Crippen LogP contribution in [0, 0.1) is 5.92 Å². The smallest absolute Gasteiger partial charge is 0.271 e. The van der Waals surface area contributed by atoms with Crippen LogP contribution in [0.5, 0.6) is 0 Å². The Hall–Kier alpha value is -1.16. The topological polar surface area (TPSA) is 54.9 Å². The highest BCUT2D eigenvalue weighted by atomic mass is 35.5. The van der Waals surface area contributed by atoms with Crippen LogP contribution in [0.15, 0.2) is 12.4 Å². The number of hydrogen-bond acceptors (Lipinski definition) is 3. The van der Waals surface area contributed by atoms with E-state index in [1.165, 1.54) is 25.2 Å². The summed E-state index contributed by atoms with van der Waals surface area (Å²) in [5.41, 5.74) is 0.315. The van der Waals surface area contributed by atoms with Crippen LogP contribution in [0.1, 0.15) is 29.8 Å². The van der Waals surface area contributed by atoms with E-state index in [0.29, 0.717) is 17.4 Å². The highest BCUT2D eigenvalue weighted by Gasteiger charge is 2.20. The molecule has 2 rings (SSSR count). The molecule has 1 N–H and O–H groups in total. The van der Waals surface area contributed by atoms with Gasteiger partial charge in [-0.1, -0.05) is 24.4 Å². The van der Waals surface area contributed by atoms with Gasteiger partial charge in [-0.2, -0.15) is 0 Å². The maximum absolute atomic E-state index is 11.5. The largest absolute Gasteiger partial charge is 0.351 e. The van der Waals surface area contributed by atoms with Gasteiger partial charge in [0, 0.05) is 6.54 Å². The Morgan fingerprint density at radius 3 is 2.87 bits per heavy atom. The van der Waals surface area contributed by atoms with E-state index < -0.39 is 0 Å². The molecule has 1 heterocycles. The Balaban J connectivity index is 1.81. The average Bonchev–Trinajstić information content (AvgIpc) is 3.02. The van der Waals surface area contributed by atoms with E-state index in [-0.39, 0.29) is 5.91 Å². The van der Waals surface area contributed by atoms with Crippen LogP contribution >= 0.6 is 11.6 Å². The highest BCUT2D eigenvalue weighted by Crippen LogP contribution is 2.31. The first kappa shape index (κ1) is 10.4. The second-order valence-electron chi connectivity index (χ2n) is 3.71. The molecule has 1 amide bonds. The summed E-state index contributed by atoms with van der Waals surface area (Å²) >= 11 is 5.57. The van der Waals surface area contributed by atoms with Crippen LogP contribution in [-0.4, -0.2) is 22.4 Å². The number of nitrogens with zero attached hydrogens (tertiary/aromatic N) is 2. The van der Waals surface area contributed by atoms with Gasteiger partial charge in [0.1, 0.15) is 10.8 Å². The maximum Gasteiger partial charge on any atom is 0.271 e. The van der Waals surface area contributed by atoms with Gasteiger partial charge in [0.05, 0.1) is 12.4 Å². The van der Waals surface area contributed by atoms with E-state index in [1.54, 1.807) is 0 Å². The van der Waals surface area contributed by atoms with E-state index in [4.69, 9.17) is 11.6 Å². The molecule has 0 spiro atoms. The zero-order chi connectivity index (χ0) is 10.7. The fraction of sp³-hybridized carbons (Fsp3) is 0.500. The molecule has 1 aromatic heterocycles. The van der Waals surface area contributed by atoms with E-state index in [2.05, 4.69) is 15.3 Å². The molecule has 4 nitrogen and oxygen atoms in total. The maximum atomic E-state index is 11.5. The molecule has 0 atom stereocenters. The van der Waals surface area contributed by atoms with E-state index >= 15 is 0 Å². The lowest BCUT2D eigenvalue weighted by Gasteiger charge is -2.02. The van der Waals surface area contributed by atoms with Crippen molar-refractivity contribution < 1.29 is 4.79 Å². The van der Waals surface area contributed by atoms with Crippen molar-refractivity contribution in [2.75, 3.05) is 6.54 Å². The number of aromatic nitrogens is 2. The SMILES string of the molecule is O=C(NCCC1CC1)c1cnc(Cl)cn1. The molecule has 1 aliphatic carbocycles. The second-order valence-corrected chi connectivity index (χ2v) is 4.10. The molecule has 15 heavy (non-hydrogen) atoms. The Morgan fingerprint density at radius 1 is 1.47 bits per heavy atom. The summed E-state index contributed by atoms with van der Waals surface area (Å²) in [6.07, 6.45) is 6.42.